The molecule has 0 bridgehead atoms. The van der Waals surface area contributed by atoms with E-state index in [4.69, 9.17) is 10.3 Å². The molecule has 0 aliphatic heterocycles. The molecule has 124 valence electrons. The van der Waals surface area contributed by atoms with Gasteiger partial charge in [-0.1, -0.05) is 17.3 Å². The third-order valence-electron chi connectivity index (χ3n) is 3.05. The molecule has 0 aliphatic carbocycles. The summed E-state index contributed by atoms with van der Waals surface area (Å²) in [5.41, 5.74) is 4.60. The number of rotatable bonds is 5. The highest BCUT2D eigenvalue weighted by atomic mass is 32.2. The summed E-state index contributed by atoms with van der Waals surface area (Å²) in [5.74, 6) is -0.194. The second kappa shape index (κ2) is 6.61. The molecule has 0 aliphatic rings. The maximum atomic E-state index is 12.7. The van der Waals surface area contributed by atoms with Gasteiger partial charge in [0.05, 0.1) is 16.1 Å². The molecule has 0 radical (unpaired) electrons. The summed E-state index contributed by atoms with van der Waals surface area (Å²) in [6.07, 6.45) is -4.44. The fourth-order valence-electron chi connectivity index (χ4n) is 1.78. The molecule has 1 heterocycles. The van der Waals surface area contributed by atoms with Crippen molar-refractivity contribution in [2.24, 2.45) is 5.73 Å². The van der Waals surface area contributed by atoms with Crippen LogP contribution >= 0.6 is 11.8 Å². The van der Waals surface area contributed by atoms with Crippen molar-refractivity contribution in [1.29, 1.82) is 0 Å². The van der Waals surface area contributed by atoms with Crippen LogP contribution in [0.4, 0.5) is 13.2 Å². The molecule has 0 fully saturated rings. The topological polar surface area (TPSA) is 82.0 Å². The van der Waals surface area contributed by atoms with Crippen LogP contribution in [0, 0.1) is 0 Å². The summed E-state index contributed by atoms with van der Waals surface area (Å²) < 4.78 is 43.2. The van der Waals surface area contributed by atoms with Crippen LogP contribution in [0.15, 0.2) is 28.8 Å². The Balaban J connectivity index is 2.21. The van der Waals surface area contributed by atoms with E-state index in [0.717, 1.165) is 12.1 Å². The van der Waals surface area contributed by atoms with Crippen LogP contribution in [-0.2, 0) is 11.0 Å². The lowest BCUT2D eigenvalue weighted by atomic mass is 10.1. The molecule has 2 N–H and O–H groups in total. The number of aromatic nitrogens is 2. The molecule has 2 atom stereocenters. The van der Waals surface area contributed by atoms with E-state index in [1.807, 2.05) is 0 Å². The van der Waals surface area contributed by atoms with Crippen LogP contribution in [0.1, 0.15) is 30.6 Å². The quantitative estimate of drug-likeness (QED) is 0.898. The second-order valence-corrected chi connectivity index (χ2v) is 6.54. The molecule has 1 aromatic carbocycles. The van der Waals surface area contributed by atoms with Crippen LogP contribution in [0.3, 0.4) is 0 Å². The van der Waals surface area contributed by atoms with Gasteiger partial charge in [-0.25, -0.2) is 0 Å². The largest absolute Gasteiger partial charge is 0.416 e. The highest BCUT2D eigenvalue weighted by molar-refractivity contribution is 8.00. The maximum absolute atomic E-state index is 12.7. The Bertz CT molecular complexity index is 703. The van der Waals surface area contributed by atoms with E-state index in [1.165, 1.54) is 23.9 Å². The molecule has 1 amide bonds. The number of benzene rings is 1. The van der Waals surface area contributed by atoms with Crippen LogP contribution in [0.25, 0.3) is 11.4 Å². The molecule has 0 saturated heterocycles. The second-order valence-electron chi connectivity index (χ2n) is 4.86. The molecular weight excluding hydrogens is 331 g/mol. The zero-order valence-corrected chi connectivity index (χ0v) is 13.1. The van der Waals surface area contributed by atoms with Crippen molar-refractivity contribution >= 4 is 17.7 Å². The Kier molecular flexibility index (Phi) is 4.98. The van der Waals surface area contributed by atoms with Gasteiger partial charge >= 0.3 is 6.18 Å². The molecule has 2 aromatic rings. The monoisotopic (exact) mass is 345 g/mol. The molecule has 0 unspecified atom stereocenters. The number of amides is 1. The van der Waals surface area contributed by atoms with E-state index < -0.39 is 22.9 Å². The minimum atomic E-state index is -4.44. The first kappa shape index (κ1) is 17.3. The van der Waals surface area contributed by atoms with Gasteiger partial charge < -0.3 is 10.3 Å². The Morgan fingerprint density at radius 3 is 2.65 bits per heavy atom. The van der Waals surface area contributed by atoms with E-state index in [-0.39, 0.29) is 22.5 Å². The lowest BCUT2D eigenvalue weighted by Gasteiger charge is -2.10. The lowest BCUT2D eigenvalue weighted by molar-refractivity contribution is -0.137. The number of carbonyl (C=O) groups excluding carboxylic acids is 1. The van der Waals surface area contributed by atoms with Gasteiger partial charge in [-0.15, -0.1) is 11.8 Å². The summed E-state index contributed by atoms with van der Waals surface area (Å²) in [7, 11) is 0. The van der Waals surface area contributed by atoms with Crippen molar-refractivity contribution in [2.75, 3.05) is 0 Å². The third-order valence-corrected chi connectivity index (χ3v) is 4.30. The van der Waals surface area contributed by atoms with E-state index in [1.54, 1.807) is 13.8 Å². The molecule has 1 aromatic heterocycles. The summed E-state index contributed by atoms with van der Waals surface area (Å²) >= 11 is 1.23. The van der Waals surface area contributed by atoms with Gasteiger partial charge in [0.1, 0.15) is 0 Å². The molecule has 5 nitrogen and oxygen atoms in total. The smallest absolute Gasteiger partial charge is 0.369 e. The average molecular weight is 345 g/mol. The Hall–Kier alpha value is -2.03. The fraction of sp³-hybridized carbons (Fsp3) is 0.357. The Labute approximate surface area is 134 Å². The zero-order chi connectivity index (χ0) is 17.2. The van der Waals surface area contributed by atoms with Crippen molar-refractivity contribution in [2.45, 2.75) is 30.5 Å². The molecular formula is C14H14F3N3O2S. The summed E-state index contributed by atoms with van der Waals surface area (Å²) in [4.78, 5) is 15.2. The SMILES string of the molecule is C[C@H](S[C@H](C)C(N)=O)c1nc(-c2cccc(C(F)(F)F)c2)no1. The highest BCUT2D eigenvalue weighted by Crippen LogP contribution is 2.33. The first-order valence-corrected chi connectivity index (χ1v) is 7.58. The van der Waals surface area contributed by atoms with Gasteiger partial charge in [0.2, 0.25) is 17.6 Å². The minimum absolute atomic E-state index is 0.0604. The zero-order valence-electron chi connectivity index (χ0n) is 12.3. The van der Waals surface area contributed by atoms with Crippen molar-refractivity contribution < 1.29 is 22.5 Å². The predicted molar refractivity (Wildman–Crippen MR) is 79.4 cm³/mol. The van der Waals surface area contributed by atoms with E-state index >= 15 is 0 Å². The molecule has 9 heteroatoms. The van der Waals surface area contributed by atoms with Crippen LogP contribution in [0.5, 0.6) is 0 Å². The molecule has 2 rings (SSSR count). The van der Waals surface area contributed by atoms with Gasteiger partial charge in [-0.3, -0.25) is 4.79 Å². The summed E-state index contributed by atoms with van der Waals surface area (Å²) in [6, 6.07) is 4.67. The van der Waals surface area contributed by atoms with E-state index in [9.17, 15) is 18.0 Å². The first-order valence-electron chi connectivity index (χ1n) is 6.64. The lowest BCUT2D eigenvalue weighted by Crippen LogP contribution is -2.23. The number of hydrogen-bond acceptors (Lipinski definition) is 5. The van der Waals surface area contributed by atoms with Crippen molar-refractivity contribution in [3.05, 3.63) is 35.7 Å². The van der Waals surface area contributed by atoms with Gasteiger partial charge in [0, 0.05) is 5.56 Å². The number of alkyl halides is 3. The number of primary amides is 1. The van der Waals surface area contributed by atoms with Crippen LogP contribution in [0.2, 0.25) is 0 Å². The number of carbonyl (C=O) groups is 1. The summed E-state index contributed by atoms with van der Waals surface area (Å²) in [5, 5.41) is 2.93. The molecule has 0 spiro atoms. The summed E-state index contributed by atoms with van der Waals surface area (Å²) in [6.45, 7) is 3.39. The minimum Gasteiger partial charge on any atom is -0.369 e. The maximum Gasteiger partial charge on any atom is 0.416 e. The van der Waals surface area contributed by atoms with E-state index in [2.05, 4.69) is 10.1 Å². The number of hydrogen-bond donors (Lipinski definition) is 1. The van der Waals surface area contributed by atoms with Crippen molar-refractivity contribution in [3.63, 3.8) is 0 Å². The number of thioether (sulfide) groups is 1. The van der Waals surface area contributed by atoms with Gasteiger partial charge in [0.25, 0.3) is 0 Å². The number of halogens is 3. The predicted octanol–water partition coefficient (Wildman–Crippen LogP) is 3.42. The standard InChI is InChI=1S/C14H14F3N3O2S/c1-7(11(18)21)23-8(2)13-19-12(20-22-13)9-4-3-5-10(6-9)14(15,16)17/h3-8H,1-2H3,(H2,18,21)/t7-,8+/m1/s1. The third kappa shape index (κ3) is 4.25. The average Bonchev–Trinajstić information content (AvgIpc) is 2.96. The van der Waals surface area contributed by atoms with Crippen molar-refractivity contribution in [3.8, 4) is 11.4 Å². The Morgan fingerprint density at radius 2 is 2.04 bits per heavy atom. The van der Waals surface area contributed by atoms with Gasteiger partial charge in [-0.2, -0.15) is 18.2 Å². The molecule has 0 saturated carbocycles. The fourth-order valence-corrected chi connectivity index (χ4v) is 2.74. The van der Waals surface area contributed by atoms with Gasteiger partial charge in [-0.05, 0) is 26.0 Å². The van der Waals surface area contributed by atoms with Gasteiger partial charge in [0.15, 0.2) is 0 Å². The number of nitrogens with two attached hydrogens (primary N) is 1. The first-order chi connectivity index (χ1) is 10.7. The van der Waals surface area contributed by atoms with Crippen molar-refractivity contribution in [1.82, 2.24) is 10.1 Å². The molecule has 23 heavy (non-hydrogen) atoms. The Morgan fingerprint density at radius 1 is 1.35 bits per heavy atom. The normalized spacial score (nSPS) is 14.5. The highest BCUT2D eigenvalue weighted by Gasteiger charge is 2.31. The number of nitrogens with zero attached hydrogens (tertiary/aromatic N) is 2. The van der Waals surface area contributed by atoms with E-state index in [0.29, 0.717) is 0 Å². The van der Waals surface area contributed by atoms with Crippen LogP contribution in [-0.4, -0.2) is 21.3 Å². The van der Waals surface area contributed by atoms with Crippen LogP contribution < -0.4 is 5.73 Å².